The summed E-state index contributed by atoms with van der Waals surface area (Å²) in [4.78, 5) is 51.3. The monoisotopic (exact) mass is 383 g/mol. The highest BCUT2D eigenvalue weighted by Crippen LogP contribution is 2.36. The molecule has 27 heavy (non-hydrogen) atoms. The number of rotatable bonds is 7. The summed E-state index contributed by atoms with van der Waals surface area (Å²) < 4.78 is 0. The van der Waals surface area contributed by atoms with Crippen molar-refractivity contribution < 1.29 is 24.3 Å². The second-order valence-corrected chi connectivity index (χ2v) is 8.28. The van der Waals surface area contributed by atoms with Crippen LogP contribution < -0.4 is 10.6 Å². The number of likely N-dealkylation sites (N-methyl/N-ethyl adjacent to an activating group) is 1. The number of aliphatic hydroxyl groups excluding tert-OH is 1. The fraction of sp³-hybridized carbons (Fsp3) is 0.789. The van der Waals surface area contributed by atoms with Crippen molar-refractivity contribution in [2.24, 2.45) is 17.3 Å². The smallest absolute Gasteiger partial charge is 0.243 e. The molecule has 0 bridgehead atoms. The van der Waals surface area contributed by atoms with Gasteiger partial charge in [0.25, 0.3) is 0 Å². The first-order valence-corrected chi connectivity index (χ1v) is 9.36. The molecule has 1 heterocycles. The standard InChI is InChI=1S/C19H33N3O5/c1-9(2)13-15(24)19(6,7)18(27)22(13)17(26)10(3)14(23)11(4)21-16(25)12(5)20-8/h9-14,20,23H,1-8H3,(H,21,25). The molecule has 8 heteroatoms. The van der Waals surface area contributed by atoms with Crippen LogP contribution in [0.4, 0.5) is 0 Å². The summed E-state index contributed by atoms with van der Waals surface area (Å²) in [6, 6.07) is -2.00. The van der Waals surface area contributed by atoms with Gasteiger partial charge in [-0.1, -0.05) is 20.8 Å². The molecule has 0 radical (unpaired) electrons. The summed E-state index contributed by atoms with van der Waals surface area (Å²) >= 11 is 0. The minimum Gasteiger partial charge on any atom is -0.390 e. The molecule has 5 atom stereocenters. The van der Waals surface area contributed by atoms with Crippen molar-refractivity contribution in [2.45, 2.75) is 72.7 Å². The summed E-state index contributed by atoms with van der Waals surface area (Å²) in [5, 5.41) is 16.0. The van der Waals surface area contributed by atoms with Gasteiger partial charge < -0.3 is 15.7 Å². The Morgan fingerprint density at radius 1 is 1.11 bits per heavy atom. The first-order chi connectivity index (χ1) is 12.3. The van der Waals surface area contributed by atoms with Gasteiger partial charge in [-0.3, -0.25) is 24.1 Å². The molecule has 1 aliphatic heterocycles. The summed E-state index contributed by atoms with van der Waals surface area (Å²) in [6.07, 6.45) is -1.20. The highest BCUT2D eigenvalue weighted by atomic mass is 16.3. The van der Waals surface area contributed by atoms with E-state index in [1.807, 2.05) is 0 Å². The molecule has 1 fully saturated rings. The lowest BCUT2D eigenvalue weighted by atomic mass is 9.85. The summed E-state index contributed by atoms with van der Waals surface area (Å²) in [7, 11) is 1.64. The topological polar surface area (TPSA) is 116 Å². The van der Waals surface area contributed by atoms with Crippen LogP contribution in [-0.2, 0) is 19.2 Å². The zero-order valence-corrected chi connectivity index (χ0v) is 17.5. The molecule has 0 aromatic carbocycles. The Morgan fingerprint density at radius 3 is 2.07 bits per heavy atom. The number of aliphatic hydroxyl groups is 1. The van der Waals surface area contributed by atoms with Gasteiger partial charge in [0.1, 0.15) is 11.5 Å². The summed E-state index contributed by atoms with van der Waals surface area (Å²) in [6.45, 7) is 11.4. The minimum atomic E-state index is -1.27. The second kappa shape index (κ2) is 8.48. The molecule has 154 valence electrons. The molecule has 0 aliphatic carbocycles. The molecule has 8 nitrogen and oxygen atoms in total. The third-order valence-corrected chi connectivity index (χ3v) is 5.40. The highest BCUT2D eigenvalue weighted by Gasteiger charge is 2.57. The molecule has 3 N–H and O–H groups in total. The first kappa shape index (κ1) is 23.2. The van der Waals surface area contributed by atoms with Gasteiger partial charge in [-0.25, -0.2) is 0 Å². The molecule has 1 aliphatic rings. The Bertz CT molecular complexity index is 616. The van der Waals surface area contributed by atoms with Crippen molar-refractivity contribution in [3.05, 3.63) is 0 Å². The van der Waals surface area contributed by atoms with Crippen molar-refractivity contribution in [1.29, 1.82) is 0 Å². The Kier molecular flexibility index (Phi) is 7.30. The zero-order chi connectivity index (χ0) is 21.3. The maximum atomic E-state index is 13.0. The highest BCUT2D eigenvalue weighted by molar-refractivity contribution is 6.19. The van der Waals surface area contributed by atoms with Crippen LogP contribution in [0.3, 0.4) is 0 Å². The van der Waals surface area contributed by atoms with E-state index in [0.29, 0.717) is 0 Å². The number of hydrogen-bond donors (Lipinski definition) is 3. The molecular weight excluding hydrogens is 350 g/mol. The fourth-order valence-corrected chi connectivity index (χ4v) is 3.22. The van der Waals surface area contributed by atoms with Gasteiger partial charge in [0, 0.05) is 0 Å². The van der Waals surface area contributed by atoms with Crippen LogP contribution in [0.25, 0.3) is 0 Å². The van der Waals surface area contributed by atoms with E-state index >= 15 is 0 Å². The molecule has 1 rings (SSSR count). The predicted molar refractivity (Wildman–Crippen MR) is 101 cm³/mol. The molecule has 0 aromatic rings. The average Bonchev–Trinajstić information content (AvgIpc) is 2.78. The van der Waals surface area contributed by atoms with Crippen molar-refractivity contribution in [2.75, 3.05) is 7.05 Å². The number of amides is 3. The van der Waals surface area contributed by atoms with Gasteiger partial charge in [-0.05, 0) is 40.7 Å². The van der Waals surface area contributed by atoms with Crippen molar-refractivity contribution in [1.82, 2.24) is 15.5 Å². The fourth-order valence-electron chi connectivity index (χ4n) is 3.22. The van der Waals surface area contributed by atoms with Gasteiger partial charge in [0.15, 0.2) is 5.78 Å². The number of imide groups is 1. The van der Waals surface area contributed by atoms with E-state index in [-0.39, 0.29) is 17.6 Å². The van der Waals surface area contributed by atoms with Crippen molar-refractivity contribution in [3.8, 4) is 0 Å². The van der Waals surface area contributed by atoms with E-state index in [2.05, 4.69) is 10.6 Å². The average molecular weight is 383 g/mol. The Labute approximate surface area is 161 Å². The predicted octanol–water partition coefficient (Wildman–Crippen LogP) is 0.0847. The summed E-state index contributed by atoms with van der Waals surface area (Å²) in [5.41, 5.74) is -1.27. The number of hydrogen-bond acceptors (Lipinski definition) is 6. The van der Waals surface area contributed by atoms with E-state index in [9.17, 15) is 24.3 Å². The second-order valence-electron chi connectivity index (χ2n) is 8.28. The normalized spacial score (nSPS) is 23.9. The van der Waals surface area contributed by atoms with Crippen LogP contribution in [0, 0.1) is 17.3 Å². The molecule has 1 saturated heterocycles. The van der Waals surface area contributed by atoms with Crippen LogP contribution in [-0.4, -0.2) is 64.8 Å². The lowest BCUT2D eigenvalue weighted by Crippen LogP contribution is -2.54. The van der Waals surface area contributed by atoms with E-state index in [4.69, 9.17) is 0 Å². The third kappa shape index (κ3) is 4.38. The van der Waals surface area contributed by atoms with E-state index in [0.717, 1.165) is 4.90 Å². The van der Waals surface area contributed by atoms with Gasteiger partial charge in [-0.15, -0.1) is 0 Å². The number of ketones is 1. The van der Waals surface area contributed by atoms with Crippen LogP contribution in [0.15, 0.2) is 0 Å². The number of Topliss-reactive ketones (excluding diaryl/α,β-unsaturated/α-hetero) is 1. The Balaban J connectivity index is 3.00. The van der Waals surface area contributed by atoms with E-state index < -0.39 is 47.4 Å². The Morgan fingerprint density at radius 2 is 1.63 bits per heavy atom. The first-order valence-electron chi connectivity index (χ1n) is 9.36. The van der Waals surface area contributed by atoms with Gasteiger partial charge >= 0.3 is 0 Å². The maximum Gasteiger partial charge on any atom is 0.243 e. The van der Waals surface area contributed by atoms with E-state index in [1.165, 1.54) is 20.8 Å². The lowest BCUT2D eigenvalue weighted by molar-refractivity contribution is -0.152. The largest absolute Gasteiger partial charge is 0.390 e. The number of carbonyl (C=O) groups is 4. The summed E-state index contributed by atoms with van der Waals surface area (Å²) in [5.74, 6) is -2.94. The third-order valence-electron chi connectivity index (χ3n) is 5.40. The quantitative estimate of drug-likeness (QED) is 0.537. The molecule has 0 aromatic heterocycles. The minimum absolute atomic E-state index is 0.231. The SMILES string of the molecule is CNC(C)C(=O)NC(C)C(O)C(C)C(=O)N1C(=O)C(C)(C)C(=O)C1C(C)C. The van der Waals surface area contributed by atoms with Crippen LogP contribution >= 0.6 is 0 Å². The zero-order valence-electron chi connectivity index (χ0n) is 17.5. The molecular formula is C19H33N3O5. The van der Waals surface area contributed by atoms with Crippen LogP contribution in [0.1, 0.15) is 48.5 Å². The molecule has 5 unspecified atom stereocenters. The molecule has 0 spiro atoms. The van der Waals surface area contributed by atoms with Gasteiger partial charge in [0.05, 0.1) is 24.1 Å². The maximum absolute atomic E-state index is 13.0. The van der Waals surface area contributed by atoms with Gasteiger partial charge in [-0.2, -0.15) is 0 Å². The molecule has 0 saturated carbocycles. The van der Waals surface area contributed by atoms with E-state index in [1.54, 1.807) is 34.7 Å². The number of nitrogens with one attached hydrogen (secondary N) is 2. The molecule has 3 amide bonds. The van der Waals surface area contributed by atoms with Crippen molar-refractivity contribution in [3.63, 3.8) is 0 Å². The van der Waals surface area contributed by atoms with Crippen LogP contribution in [0.5, 0.6) is 0 Å². The number of carbonyl (C=O) groups excluding carboxylic acids is 4. The Hall–Kier alpha value is -1.80. The van der Waals surface area contributed by atoms with Crippen LogP contribution in [0.2, 0.25) is 0 Å². The number of nitrogens with zero attached hydrogens (tertiary/aromatic N) is 1. The van der Waals surface area contributed by atoms with Gasteiger partial charge in [0.2, 0.25) is 17.7 Å². The number of likely N-dealkylation sites (tertiary alicyclic amines) is 1. The lowest BCUT2D eigenvalue weighted by Gasteiger charge is -2.31. The van der Waals surface area contributed by atoms with Crippen molar-refractivity contribution >= 4 is 23.5 Å².